The molecule has 2 unspecified atom stereocenters. The third-order valence-corrected chi connectivity index (χ3v) is 3.38. The fourth-order valence-corrected chi connectivity index (χ4v) is 2.80. The maximum Gasteiger partial charge on any atom is 0.250 e. The molecule has 0 saturated carbocycles. The van der Waals surface area contributed by atoms with E-state index in [1.54, 1.807) is 0 Å². The van der Waals surface area contributed by atoms with Crippen LogP contribution in [-0.2, 0) is 4.79 Å². The minimum absolute atomic E-state index is 0.0266. The Hall–Kier alpha value is -0.790. The SMILES string of the molecule is CC1=CC2(C)CCCC(C)N2C1=O. The lowest BCUT2D eigenvalue weighted by atomic mass is 9.87. The van der Waals surface area contributed by atoms with Crippen molar-refractivity contribution in [1.82, 2.24) is 4.90 Å². The van der Waals surface area contributed by atoms with Crippen molar-refractivity contribution in [3.05, 3.63) is 11.6 Å². The molecule has 1 saturated heterocycles. The van der Waals surface area contributed by atoms with Gasteiger partial charge in [0, 0.05) is 11.6 Å². The molecule has 13 heavy (non-hydrogen) atoms. The van der Waals surface area contributed by atoms with Gasteiger partial charge in [-0.3, -0.25) is 4.79 Å². The van der Waals surface area contributed by atoms with E-state index in [2.05, 4.69) is 24.8 Å². The number of hydrogen-bond donors (Lipinski definition) is 0. The highest BCUT2D eigenvalue weighted by Gasteiger charge is 2.44. The van der Waals surface area contributed by atoms with Crippen molar-refractivity contribution in [3.63, 3.8) is 0 Å². The van der Waals surface area contributed by atoms with Gasteiger partial charge in [-0.25, -0.2) is 0 Å². The largest absolute Gasteiger partial charge is 0.327 e. The van der Waals surface area contributed by atoms with Gasteiger partial charge in [0.05, 0.1) is 5.54 Å². The molecule has 2 heterocycles. The van der Waals surface area contributed by atoms with Crippen LogP contribution in [0.2, 0.25) is 0 Å². The zero-order valence-corrected chi connectivity index (χ0v) is 8.63. The molecule has 0 aromatic rings. The van der Waals surface area contributed by atoms with Gasteiger partial charge in [-0.15, -0.1) is 0 Å². The van der Waals surface area contributed by atoms with Gasteiger partial charge in [0.15, 0.2) is 0 Å². The second kappa shape index (κ2) is 2.60. The monoisotopic (exact) mass is 179 g/mol. The van der Waals surface area contributed by atoms with E-state index >= 15 is 0 Å². The maximum atomic E-state index is 11.8. The summed E-state index contributed by atoms with van der Waals surface area (Å²) >= 11 is 0. The number of rotatable bonds is 0. The lowest BCUT2D eigenvalue weighted by Crippen LogP contribution is -2.52. The fraction of sp³-hybridized carbons (Fsp3) is 0.727. The van der Waals surface area contributed by atoms with E-state index in [4.69, 9.17) is 0 Å². The quantitative estimate of drug-likeness (QED) is 0.557. The summed E-state index contributed by atoms with van der Waals surface area (Å²) in [6.07, 6.45) is 5.67. The van der Waals surface area contributed by atoms with E-state index in [-0.39, 0.29) is 11.4 Å². The van der Waals surface area contributed by atoms with Crippen molar-refractivity contribution in [2.24, 2.45) is 0 Å². The first-order valence-electron chi connectivity index (χ1n) is 5.08. The number of carbonyl (C=O) groups excluding carboxylic acids is 1. The number of piperidine rings is 1. The minimum Gasteiger partial charge on any atom is -0.327 e. The van der Waals surface area contributed by atoms with E-state index in [1.165, 1.54) is 6.42 Å². The molecule has 0 radical (unpaired) electrons. The van der Waals surface area contributed by atoms with Gasteiger partial charge >= 0.3 is 0 Å². The Morgan fingerprint density at radius 1 is 1.62 bits per heavy atom. The molecule has 72 valence electrons. The summed E-state index contributed by atoms with van der Waals surface area (Å²) < 4.78 is 0. The van der Waals surface area contributed by atoms with Gasteiger partial charge < -0.3 is 4.90 Å². The average Bonchev–Trinajstić information content (AvgIpc) is 2.24. The van der Waals surface area contributed by atoms with Crippen molar-refractivity contribution < 1.29 is 4.79 Å². The van der Waals surface area contributed by atoms with Crippen LogP contribution in [0.5, 0.6) is 0 Å². The number of hydrogen-bond acceptors (Lipinski definition) is 1. The van der Waals surface area contributed by atoms with Gasteiger partial charge in [0.1, 0.15) is 0 Å². The molecule has 0 N–H and O–H groups in total. The Bertz CT molecular complexity index is 282. The van der Waals surface area contributed by atoms with Crippen LogP contribution in [0.25, 0.3) is 0 Å². The van der Waals surface area contributed by atoms with Crippen LogP contribution in [0.3, 0.4) is 0 Å². The molecule has 2 aliphatic heterocycles. The lowest BCUT2D eigenvalue weighted by Gasteiger charge is -2.43. The Morgan fingerprint density at radius 2 is 2.31 bits per heavy atom. The molecule has 2 heteroatoms. The molecule has 2 rings (SSSR count). The predicted octanol–water partition coefficient (Wildman–Crippen LogP) is 2.11. The van der Waals surface area contributed by atoms with E-state index in [9.17, 15) is 4.79 Å². The van der Waals surface area contributed by atoms with Crippen molar-refractivity contribution in [2.45, 2.75) is 51.6 Å². The molecule has 2 aliphatic rings. The second-order valence-corrected chi connectivity index (χ2v) is 4.60. The third kappa shape index (κ3) is 1.11. The third-order valence-electron chi connectivity index (χ3n) is 3.38. The first-order chi connectivity index (χ1) is 6.04. The number of carbonyl (C=O) groups is 1. The number of fused-ring (bicyclic) bond motifs is 1. The standard InChI is InChI=1S/C11H17NO/c1-8-7-11(3)6-4-5-9(2)12(11)10(8)13/h7,9H,4-6H2,1-3H3. The molecule has 0 aliphatic carbocycles. The van der Waals surface area contributed by atoms with Crippen LogP contribution in [0.15, 0.2) is 11.6 Å². The smallest absolute Gasteiger partial charge is 0.250 e. The van der Waals surface area contributed by atoms with E-state index < -0.39 is 0 Å². The molecular weight excluding hydrogens is 162 g/mol. The molecular formula is C11H17NO. The summed E-state index contributed by atoms with van der Waals surface area (Å²) in [4.78, 5) is 13.9. The summed E-state index contributed by atoms with van der Waals surface area (Å²) in [5.41, 5.74) is 0.954. The first-order valence-corrected chi connectivity index (χ1v) is 5.08. The van der Waals surface area contributed by atoms with E-state index in [1.807, 2.05) is 6.92 Å². The molecule has 2 nitrogen and oxygen atoms in total. The number of amides is 1. The summed E-state index contributed by atoms with van der Waals surface area (Å²) in [7, 11) is 0. The highest BCUT2D eigenvalue weighted by atomic mass is 16.2. The van der Waals surface area contributed by atoms with Gasteiger partial charge in [-0.2, -0.15) is 0 Å². The van der Waals surface area contributed by atoms with Crippen LogP contribution in [0.4, 0.5) is 0 Å². The van der Waals surface area contributed by atoms with Gasteiger partial charge in [0.25, 0.3) is 0 Å². The predicted molar refractivity (Wildman–Crippen MR) is 52.3 cm³/mol. The summed E-state index contributed by atoms with van der Waals surface area (Å²) in [5.74, 6) is 0.245. The Balaban J connectivity index is 2.37. The Labute approximate surface area is 79.6 Å². The topological polar surface area (TPSA) is 20.3 Å². The Kier molecular flexibility index (Phi) is 1.76. The number of nitrogens with zero attached hydrogens (tertiary/aromatic N) is 1. The zero-order valence-electron chi connectivity index (χ0n) is 8.63. The lowest BCUT2D eigenvalue weighted by molar-refractivity contribution is -0.133. The molecule has 0 spiro atoms. The highest BCUT2D eigenvalue weighted by Crippen LogP contribution is 2.38. The van der Waals surface area contributed by atoms with Crippen molar-refractivity contribution in [2.75, 3.05) is 0 Å². The molecule has 0 aromatic carbocycles. The van der Waals surface area contributed by atoms with E-state index in [0.717, 1.165) is 18.4 Å². The van der Waals surface area contributed by atoms with Gasteiger partial charge in [-0.05, 0) is 40.0 Å². The summed E-state index contributed by atoms with van der Waals surface area (Å²) in [5, 5.41) is 0. The van der Waals surface area contributed by atoms with E-state index in [0.29, 0.717) is 6.04 Å². The minimum atomic E-state index is 0.0266. The molecule has 0 aromatic heterocycles. The summed E-state index contributed by atoms with van der Waals surface area (Å²) in [6.45, 7) is 6.26. The Morgan fingerprint density at radius 3 is 2.92 bits per heavy atom. The maximum absolute atomic E-state index is 11.8. The molecule has 0 bridgehead atoms. The van der Waals surface area contributed by atoms with Crippen molar-refractivity contribution in [3.8, 4) is 0 Å². The first kappa shape index (κ1) is 8.79. The van der Waals surface area contributed by atoms with Gasteiger partial charge in [-0.1, -0.05) is 6.08 Å². The summed E-state index contributed by atoms with van der Waals surface area (Å²) in [6, 6.07) is 0.417. The zero-order chi connectivity index (χ0) is 9.64. The van der Waals surface area contributed by atoms with Crippen LogP contribution in [0.1, 0.15) is 40.0 Å². The van der Waals surface area contributed by atoms with Crippen LogP contribution in [-0.4, -0.2) is 22.4 Å². The average molecular weight is 179 g/mol. The second-order valence-electron chi connectivity index (χ2n) is 4.60. The highest BCUT2D eigenvalue weighted by molar-refractivity contribution is 5.96. The molecule has 1 amide bonds. The van der Waals surface area contributed by atoms with Crippen LogP contribution >= 0.6 is 0 Å². The van der Waals surface area contributed by atoms with Crippen LogP contribution < -0.4 is 0 Å². The van der Waals surface area contributed by atoms with Gasteiger partial charge in [0.2, 0.25) is 5.91 Å². The fourth-order valence-electron chi connectivity index (χ4n) is 2.80. The van der Waals surface area contributed by atoms with Crippen molar-refractivity contribution >= 4 is 5.91 Å². The molecule has 2 atom stereocenters. The molecule has 1 fully saturated rings. The normalized spacial score (nSPS) is 39.0. The van der Waals surface area contributed by atoms with Crippen LogP contribution in [0, 0.1) is 0 Å². The van der Waals surface area contributed by atoms with Crippen molar-refractivity contribution in [1.29, 1.82) is 0 Å².